The number of halogens is 2. The lowest BCUT2D eigenvalue weighted by atomic mass is 9.93. The van der Waals surface area contributed by atoms with E-state index >= 15 is 0 Å². The Hall–Kier alpha value is -0.0600. The molecular weight excluding hydrogens is 325 g/mol. The largest absolute Gasteiger partial charge is 0.307 e. The van der Waals surface area contributed by atoms with E-state index in [-0.39, 0.29) is 11.9 Å². The van der Waals surface area contributed by atoms with E-state index < -0.39 is 0 Å². The quantitative estimate of drug-likeness (QED) is 0.831. The standard InChI is InChI=1S/C15H21BrFNS/c1-10(14-9-11(16)3-8-15(14)17)18-12-4-6-13(19-2)7-5-12/h3,8-10,12-13,18H,4-7H2,1-2H3. The first-order chi connectivity index (χ1) is 9.10. The first-order valence-electron chi connectivity index (χ1n) is 6.84. The van der Waals surface area contributed by atoms with E-state index in [2.05, 4.69) is 27.5 Å². The van der Waals surface area contributed by atoms with E-state index in [0.717, 1.165) is 15.3 Å². The second-order valence-corrected chi connectivity index (χ2v) is 7.32. The average molecular weight is 346 g/mol. The van der Waals surface area contributed by atoms with Crippen LogP contribution < -0.4 is 5.32 Å². The lowest BCUT2D eigenvalue weighted by Gasteiger charge is -2.30. The third-order valence-corrected chi connectivity index (χ3v) is 5.55. The Morgan fingerprint density at radius 1 is 1.32 bits per heavy atom. The molecule has 1 aliphatic rings. The maximum absolute atomic E-state index is 13.8. The molecule has 0 spiro atoms. The van der Waals surface area contributed by atoms with Crippen molar-refractivity contribution in [3.05, 3.63) is 34.1 Å². The zero-order valence-corrected chi connectivity index (χ0v) is 13.9. The van der Waals surface area contributed by atoms with Gasteiger partial charge in [0.2, 0.25) is 0 Å². The molecule has 0 aliphatic heterocycles. The highest BCUT2D eigenvalue weighted by Crippen LogP contribution is 2.29. The minimum atomic E-state index is -0.124. The second-order valence-electron chi connectivity index (χ2n) is 5.26. The Balaban J connectivity index is 1.94. The van der Waals surface area contributed by atoms with Gasteiger partial charge in [-0.25, -0.2) is 4.39 Å². The molecule has 1 saturated carbocycles. The van der Waals surface area contributed by atoms with E-state index in [1.807, 2.05) is 24.8 Å². The van der Waals surface area contributed by atoms with Gasteiger partial charge in [0.15, 0.2) is 0 Å². The maximum Gasteiger partial charge on any atom is 0.128 e. The van der Waals surface area contributed by atoms with Crippen LogP contribution in [0.25, 0.3) is 0 Å². The van der Waals surface area contributed by atoms with Gasteiger partial charge in [-0.2, -0.15) is 11.8 Å². The van der Waals surface area contributed by atoms with Crippen molar-refractivity contribution >= 4 is 27.7 Å². The third kappa shape index (κ3) is 4.20. The number of nitrogens with one attached hydrogen (secondary N) is 1. The Labute approximate surface area is 127 Å². The van der Waals surface area contributed by atoms with Crippen LogP contribution in [0.15, 0.2) is 22.7 Å². The number of hydrogen-bond donors (Lipinski definition) is 1. The van der Waals surface area contributed by atoms with Gasteiger partial charge in [0.25, 0.3) is 0 Å². The summed E-state index contributed by atoms with van der Waals surface area (Å²) < 4.78 is 14.8. The molecule has 0 bridgehead atoms. The SMILES string of the molecule is CSC1CCC(NC(C)c2cc(Br)ccc2F)CC1. The van der Waals surface area contributed by atoms with Gasteiger partial charge in [-0.05, 0) is 57.1 Å². The second kappa shape index (κ2) is 7.09. The fraction of sp³-hybridized carbons (Fsp3) is 0.600. The summed E-state index contributed by atoms with van der Waals surface area (Å²) in [5.74, 6) is -0.124. The summed E-state index contributed by atoms with van der Waals surface area (Å²) in [4.78, 5) is 0. The fourth-order valence-corrected chi connectivity index (χ4v) is 3.88. The van der Waals surface area contributed by atoms with Gasteiger partial charge in [0.05, 0.1) is 0 Å². The van der Waals surface area contributed by atoms with Crippen molar-refractivity contribution in [2.45, 2.75) is 49.9 Å². The Kier molecular flexibility index (Phi) is 5.72. The van der Waals surface area contributed by atoms with Gasteiger partial charge in [-0.1, -0.05) is 15.9 Å². The molecule has 19 heavy (non-hydrogen) atoms. The summed E-state index contributed by atoms with van der Waals surface area (Å²) in [5.41, 5.74) is 0.751. The van der Waals surface area contributed by atoms with Crippen molar-refractivity contribution in [1.29, 1.82) is 0 Å². The van der Waals surface area contributed by atoms with Crippen molar-refractivity contribution in [2.75, 3.05) is 6.26 Å². The van der Waals surface area contributed by atoms with Crippen molar-refractivity contribution < 1.29 is 4.39 Å². The van der Waals surface area contributed by atoms with E-state index in [9.17, 15) is 4.39 Å². The van der Waals surface area contributed by atoms with Crippen LogP contribution in [0.1, 0.15) is 44.2 Å². The van der Waals surface area contributed by atoms with Gasteiger partial charge < -0.3 is 5.32 Å². The predicted octanol–water partition coefficient (Wildman–Crippen LogP) is 4.91. The van der Waals surface area contributed by atoms with Gasteiger partial charge in [0.1, 0.15) is 5.82 Å². The molecule has 106 valence electrons. The molecule has 1 aromatic carbocycles. The highest BCUT2D eigenvalue weighted by molar-refractivity contribution is 9.10. The molecule has 2 rings (SSSR count). The van der Waals surface area contributed by atoms with Crippen LogP contribution in [0.3, 0.4) is 0 Å². The van der Waals surface area contributed by atoms with Crippen molar-refractivity contribution in [3.8, 4) is 0 Å². The summed E-state index contributed by atoms with van der Waals surface area (Å²) in [6, 6.07) is 5.74. The molecule has 0 aromatic heterocycles. The first kappa shape index (κ1) is 15.3. The zero-order valence-electron chi connectivity index (χ0n) is 11.5. The topological polar surface area (TPSA) is 12.0 Å². The van der Waals surface area contributed by atoms with Gasteiger partial charge in [-0.3, -0.25) is 0 Å². The van der Waals surface area contributed by atoms with Gasteiger partial charge in [-0.15, -0.1) is 0 Å². The van der Waals surface area contributed by atoms with E-state index in [1.165, 1.54) is 31.7 Å². The third-order valence-electron chi connectivity index (χ3n) is 3.92. The number of hydrogen-bond acceptors (Lipinski definition) is 2. The number of benzene rings is 1. The fourth-order valence-electron chi connectivity index (χ4n) is 2.75. The molecule has 4 heteroatoms. The minimum Gasteiger partial charge on any atom is -0.307 e. The molecule has 1 N–H and O–H groups in total. The highest BCUT2D eigenvalue weighted by Gasteiger charge is 2.22. The molecule has 0 radical (unpaired) electrons. The highest BCUT2D eigenvalue weighted by atomic mass is 79.9. The summed E-state index contributed by atoms with van der Waals surface area (Å²) in [6.45, 7) is 2.05. The van der Waals surface area contributed by atoms with Crippen molar-refractivity contribution in [3.63, 3.8) is 0 Å². The molecule has 0 amide bonds. The first-order valence-corrected chi connectivity index (χ1v) is 8.92. The summed E-state index contributed by atoms with van der Waals surface area (Å²) in [7, 11) is 0. The molecule has 1 aliphatic carbocycles. The van der Waals surface area contributed by atoms with Gasteiger partial charge >= 0.3 is 0 Å². The normalized spacial score (nSPS) is 25.3. The van der Waals surface area contributed by atoms with Crippen LogP contribution in [0.4, 0.5) is 4.39 Å². The smallest absolute Gasteiger partial charge is 0.128 e. The van der Waals surface area contributed by atoms with E-state index in [4.69, 9.17) is 0 Å². The van der Waals surface area contributed by atoms with Crippen LogP contribution in [0.2, 0.25) is 0 Å². The van der Waals surface area contributed by atoms with Crippen molar-refractivity contribution in [2.24, 2.45) is 0 Å². The summed E-state index contributed by atoms with van der Waals surface area (Å²) >= 11 is 5.38. The lowest BCUT2D eigenvalue weighted by molar-refractivity contribution is 0.348. The predicted molar refractivity (Wildman–Crippen MR) is 85.2 cm³/mol. The van der Waals surface area contributed by atoms with Crippen LogP contribution in [0, 0.1) is 5.82 Å². The minimum absolute atomic E-state index is 0.0633. The van der Waals surface area contributed by atoms with E-state index in [0.29, 0.717) is 6.04 Å². The Morgan fingerprint density at radius 2 is 2.00 bits per heavy atom. The van der Waals surface area contributed by atoms with E-state index in [1.54, 1.807) is 6.07 Å². The molecule has 1 fully saturated rings. The number of thioether (sulfide) groups is 1. The van der Waals surface area contributed by atoms with Crippen LogP contribution >= 0.6 is 27.7 Å². The van der Waals surface area contributed by atoms with Crippen LogP contribution in [0.5, 0.6) is 0 Å². The average Bonchev–Trinajstić information content (AvgIpc) is 2.42. The summed E-state index contributed by atoms with van der Waals surface area (Å²) in [5, 5.41) is 4.39. The van der Waals surface area contributed by atoms with Crippen LogP contribution in [-0.2, 0) is 0 Å². The molecular formula is C15H21BrFNS. The van der Waals surface area contributed by atoms with Gasteiger partial charge in [0, 0.05) is 27.4 Å². The molecule has 1 nitrogen and oxygen atoms in total. The zero-order chi connectivity index (χ0) is 13.8. The van der Waals surface area contributed by atoms with Crippen LogP contribution in [-0.4, -0.2) is 17.5 Å². The molecule has 1 atom stereocenters. The Bertz CT molecular complexity index is 419. The lowest BCUT2D eigenvalue weighted by Crippen LogP contribution is -2.35. The number of rotatable bonds is 4. The maximum atomic E-state index is 13.8. The summed E-state index contributed by atoms with van der Waals surface area (Å²) in [6.07, 6.45) is 7.13. The monoisotopic (exact) mass is 345 g/mol. The Morgan fingerprint density at radius 3 is 2.63 bits per heavy atom. The molecule has 1 aromatic rings. The van der Waals surface area contributed by atoms with Crippen molar-refractivity contribution in [1.82, 2.24) is 5.32 Å². The molecule has 1 unspecified atom stereocenters. The molecule has 0 saturated heterocycles. The molecule has 0 heterocycles.